The molecule has 1 heterocycles. The molecule has 0 aliphatic carbocycles. The van der Waals surface area contributed by atoms with Gasteiger partial charge in [0, 0.05) is 24.9 Å². The lowest BCUT2D eigenvalue weighted by Crippen LogP contribution is -2.35. The topological polar surface area (TPSA) is 97.5 Å². The fourth-order valence-electron chi connectivity index (χ4n) is 2.61. The zero-order chi connectivity index (χ0) is 21.3. The molecule has 0 radical (unpaired) electrons. The molecular formula is C21H21Cl2N3O4. The van der Waals surface area contributed by atoms with Crippen molar-refractivity contribution in [3.63, 3.8) is 0 Å². The molecule has 1 atom stereocenters. The van der Waals surface area contributed by atoms with Crippen molar-refractivity contribution >= 4 is 29.1 Å². The van der Waals surface area contributed by atoms with Crippen LogP contribution >= 0.6 is 23.2 Å². The van der Waals surface area contributed by atoms with Crippen molar-refractivity contribution < 1.29 is 19.1 Å². The Kier molecular flexibility index (Phi) is 8.07. The molecule has 2 N–H and O–H groups in total. The van der Waals surface area contributed by atoms with Crippen molar-refractivity contribution in [2.75, 3.05) is 13.2 Å². The number of nitrogens with zero attached hydrogens (tertiary/aromatic N) is 2. The number of rotatable bonds is 10. The van der Waals surface area contributed by atoms with Crippen molar-refractivity contribution in [3.8, 4) is 17.2 Å². The first kappa shape index (κ1) is 22.1. The third kappa shape index (κ3) is 6.45. The third-order valence-corrected chi connectivity index (χ3v) is 4.97. The maximum absolute atomic E-state index is 12.0. The standard InChI is InChI=1S/C21H21Cl2N3O4/c22-16-8-4-9-17(20(16)23)29-13-15(27)12-24-18(28)10-5-11-19-25-26-21(30-19)14-6-2-1-3-7-14/h1-4,6-9,15,27H,5,10-13H2,(H,24,28). The maximum atomic E-state index is 12.0. The molecule has 3 rings (SSSR count). The Morgan fingerprint density at radius 1 is 1.13 bits per heavy atom. The fraction of sp³-hybridized carbons (Fsp3) is 0.286. The van der Waals surface area contributed by atoms with Crippen LogP contribution in [0.5, 0.6) is 5.75 Å². The molecule has 0 saturated heterocycles. The molecule has 0 aliphatic heterocycles. The second kappa shape index (κ2) is 11.0. The summed E-state index contributed by atoms with van der Waals surface area (Å²) >= 11 is 11.9. The Morgan fingerprint density at radius 2 is 1.93 bits per heavy atom. The molecule has 0 bridgehead atoms. The Labute approximate surface area is 184 Å². The van der Waals surface area contributed by atoms with Crippen molar-refractivity contribution in [2.45, 2.75) is 25.4 Å². The van der Waals surface area contributed by atoms with E-state index in [-0.39, 0.29) is 30.5 Å². The number of carbonyl (C=O) groups is 1. The first-order valence-corrected chi connectivity index (χ1v) is 10.2. The van der Waals surface area contributed by atoms with Gasteiger partial charge in [-0.3, -0.25) is 4.79 Å². The molecule has 158 valence electrons. The lowest BCUT2D eigenvalue weighted by molar-refractivity contribution is -0.121. The van der Waals surface area contributed by atoms with Gasteiger partial charge in [-0.25, -0.2) is 0 Å². The van der Waals surface area contributed by atoms with Gasteiger partial charge in [-0.05, 0) is 30.7 Å². The molecule has 2 aromatic carbocycles. The van der Waals surface area contributed by atoms with E-state index in [0.29, 0.717) is 35.4 Å². The minimum Gasteiger partial charge on any atom is -0.489 e. The van der Waals surface area contributed by atoms with E-state index in [1.807, 2.05) is 30.3 Å². The highest BCUT2D eigenvalue weighted by Gasteiger charge is 2.12. The third-order valence-electron chi connectivity index (χ3n) is 4.16. The van der Waals surface area contributed by atoms with Crippen molar-refractivity contribution in [3.05, 3.63) is 64.5 Å². The molecule has 3 aromatic rings. The van der Waals surface area contributed by atoms with Crippen molar-refractivity contribution in [2.24, 2.45) is 0 Å². The van der Waals surface area contributed by atoms with Crippen LogP contribution in [0.15, 0.2) is 52.9 Å². The molecule has 0 aliphatic rings. The van der Waals surface area contributed by atoms with Crippen LogP contribution in [0.25, 0.3) is 11.5 Å². The predicted octanol–water partition coefficient (Wildman–Crippen LogP) is 3.92. The van der Waals surface area contributed by atoms with E-state index in [1.54, 1.807) is 18.2 Å². The number of aliphatic hydroxyl groups is 1. The first-order valence-electron chi connectivity index (χ1n) is 9.42. The average Bonchev–Trinajstić information content (AvgIpc) is 3.23. The zero-order valence-corrected chi connectivity index (χ0v) is 17.6. The minimum atomic E-state index is -0.881. The highest BCUT2D eigenvalue weighted by atomic mass is 35.5. The summed E-state index contributed by atoms with van der Waals surface area (Å²) in [5.41, 5.74) is 0.851. The largest absolute Gasteiger partial charge is 0.489 e. The Morgan fingerprint density at radius 3 is 2.73 bits per heavy atom. The highest BCUT2D eigenvalue weighted by molar-refractivity contribution is 6.42. The number of aromatic nitrogens is 2. The Balaban J connectivity index is 1.34. The lowest BCUT2D eigenvalue weighted by Gasteiger charge is -2.14. The van der Waals surface area contributed by atoms with Gasteiger partial charge in [0.2, 0.25) is 17.7 Å². The fourth-order valence-corrected chi connectivity index (χ4v) is 2.96. The summed E-state index contributed by atoms with van der Waals surface area (Å²) in [7, 11) is 0. The highest BCUT2D eigenvalue weighted by Crippen LogP contribution is 2.31. The number of nitrogens with one attached hydrogen (secondary N) is 1. The Bertz CT molecular complexity index is 966. The monoisotopic (exact) mass is 449 g/mol. The molecule has 1 unspecified atom stereocenters. The number of carbonyl (C=O) groups excluding carboxylic acids is 1. The van der Waals surface area contributed by atoms with E-state index in [1.165, 1.54) is 0 Å². The summed E-state index contributed by atoms with van der Waals surface area (Å²) < 4.78 is 11.1. The number of amides is 1. The number of aryl methyl sites for hydroxylation is 1. The summed E-state index contributed by atoms with van der Waals surface area (Å²) in [4.78, 5) is 12.0. The van der Waals surface area contributed by atoms with E-state index in [4.69, 9.17) is 32.4 Å². The van der Waals surface area contributed by atoms with Gasteiger partial charge in [-0.1, -0.05) is 47.5 Å². The minimum absolute atomic E-state index is 0.0232. The van der Waals surface area contributed by atoms with Crippen LogP contribution in [-0.2, 0) is 11.2 Å². The zero-order valence-electron chi connectivity index (χ0n) is 16.1. The number of hydrogen-bond donors (Lipinski definition) is 2. The van der Waals surface area contributed by atoms with Crippen molar-refractivity contribution in [1.82, 2.24) is 15.5 Å². The normalized spacial score (nSPS) is 11.8. The lowest BCUT2D eigenvalue weighted by atomic mass is 10.2. The van der Waals surface area contributed by atoms with Crippen LogP contribution in [-0.4, -0.2) is 40.5 Å². The van der Waals surface area contributed by atoms with E-state index in [2.05, 4.69) is 15.5 Å². The second-order valence-electron chi connectivity index (χ2n) is 6.54. The van der Waals surface area contributed by atoms with Crippen LogP contribution in [0.2, 0.25) is 10.0 Å². The number of ether oxygens (including phenoxy) is 1. The van der Waals surface area contributed by atoms with Gasteiger partial charge in [0.15, 0.2) is 0 Å². The quantitative estimate of drug-likeness (QED) is 0.486. The van der Waals surface area contributed by atoms with Gasteiger partial charge in [0.05, 0.1) is 5.02 Å². The van der Waals surface area contributed by atoms with Gasteiger partial charge >= 0.3 is 0 Å². The summed E-state index contributed by atoms with van der Waals surface area (Å²) in [5, 5.41) is 21.3. The van der Waals surface area contributed by atoms with Gasteiger partial charge in [0.1, 0.15) is 23.5 Å². The van der Waals surface area contributed by atoms with Gasteiger partial charge in [-0.2, -0.15) is 0 Å². The molecule has 1 aromatic heterocycles. The summed E-state index contributed by atoms with van der Waals surface area (Å²) in [6.07, 6.45) is 0.434. The number of benzene rings is 2. The van der Waals surface area contributed by atoms with Crippen LogP contribution in [0, 0.1) is 0 Å². The maximum Gasteiger partial charge on any atom is 0.247 e. The average molecular weight is 450 g/mol. The molecule has 1 amide bonds. The van der Waals surface area contributed by atoms with Crippen LogP contribution in [0.3, 0.4) is 0 Å². The Hall–Kier alpha value is -2.61. The van der Waals surface area contributed by atoms with E-state index < -0.39 is 6.10 Å². The SMILES string of the molecule is O=C(CCCc1nnc(-c2ccccc2)o1)NCC(O)COc1cccc(Cl)c1Cl. The number of hydrogen-bond acceptors (Lipinski definition) is 6. The van der Waals surface area contributed by atoms with Gasteiger partial charge in [0.25, 0.3) is 0 Å². The predicted molar refractivity (Wildman–Crippen MR) is 114 cm³/mol. The number of aliphatic hydroxyl groups excluding tert-OH is 1. The van der Waals surface area contributed by atoms with Crippen LogP contribution < -0.4 is 10.1 Å². The van der Waals surface area contributed by atoms with Crippen molar-refractivity contribution in [1.29, 1.82) is 0 Å². The molecule has 0 spiro atoms. The smallest absolute Gasteiger partial charge is 0.247 e. The molecule has 30 heavy (non-hydrogen) atoms. The van der Waals surface area contributed by atoms with Gasteiger partial charge in [-0.15, -0.1) is 10.2 Å². The summed E-state index contributed by atoms with van der Waals surface area (Å²) in [5.74, 6) is 1.13. The molecular weight excluding hydrogens is 429 g/mol. The van der Waals surface area contributed by atoms with Gasteiger partial charge < -0.3 is 19.6 Å². The molecule has 0 saturated carbocycles. The van der Waals surface area contributed by atoms with E-state index in [9.17, 15) is 9.90 Å². The second-order valence-corrected chi connectivity index (χ2v) is 7.33. The summed E-state index contributed by atoms with van der Waals surface area (Å²) in [6.45, 7) is 0.0420. The molecule has 0 fully saturated rings. The van der Waals surface area contributed by atoms with Crippen LogP contribution in [0.1, 0.15) is 18.7 Å². The number of halogens is 2. The van der Waals surface area contributed by atoms with E-state index in [0.717, 1.165) is 5.56 Å². The molecule has 7 nitrogen and oxygen atoms in total. The first-order chi connectivity index (χ1) is 14.5. The molecule has 9 heteroatoms. The van der Waals surface area contributed by atoms with E-state index >= 15 is 0 Å². The van der Waals surface area contributed by atoms with Crippen LogP contribution in [0.4, 0.5) is 0 Å². The summed E-state index contributed by atoms with van der Waals surface area (Å²) in [6, 6.07) is 14.5.